The normalized spacial score (nSPS) is 37.7. The first-order valence-electron chi connectivity index (χ1n) is 10.6. The third-order valence-electron chi connectivity index (χ3n) is 7.46. The third-order valence-corrected chi connectivity index (χ3v) is 7.46. The lowest BCUT2D eigenvalue weighted by molar-refractivity contribution is -0.180. The van der Waals surface area contributed by atoms with E-state index in [0.717, 1.165) is 32.1 Å². The van der Waals surface area contributed by atoms with E-state index in [0.29, 0.717) is 17.9 Å². The van der Waals surface area contributed by atoms with Crippen molar-refractivity contribution in [2.45, 2.75) is 75.9 Å². The predicted molar refractivity (Wildman–Crippen MR) is 102 cm³/mol. The van der Waals surface area contributed by atoms with Crippen molar-refractivity contribution < 1.29 is 14.3 Å². The number of carbonyl (C=O) groups excluding carboxylic acids is 2. The summed E-state index contributed by atoms with van der Waals surface area (Å²) in [6, 6.07) is 11.1. The zero-order chi connectivity index (χ0) is 18.6. The van der Waals surface area contributed by atoms with Crippen molar-refractivity contribution in [1.82, 2.24) is 5.32 Å². The monoisotopic (exact) mass is 367 g/mol. The molecule has 6 rings (SSSR count). The van der Waals surface area contributed by atoms with Crippen LogP contribution in [0.3, 0.4) is 0 Å². The highest BCUT2D eigenvalue weighted by Crippen LogP contribution is 2.66. The standard InChI is InChI=1S/C23H29NO3/c1-15(20(25)24-19-7-8-19)27-21(26)23-12-16-9-17(13-23)11-22(10-16,14-23)18-5-3-2-4-6-18/h2-6,15-17,19H,7-14H2,1H3,(H,24,25)/t15-,16-,17+,22?,23?/m0/s1. The highest BCUT2D eigenvalue weighted by atomic mass is 16.5. The minimum atomic E-state index is -0.696. The van der Waals surface area contributed by atoms with Gasteiger partial charge in [-0.3, -0.25) is 9.59 Å². The minimum Gasteiger partial charge on any atom is -0.452 e. The Balaban J connectivity index is 1.37. The second kappa shape index (κ2) is 6.08. The molecule has 0 radical (unpaired) electrons. The topological polar surface area (TPSA) is 55.4 Å². The molecule has 5 saturated carbocycles. The van der Waals surface area contributed by atoms with Gasteiger partial charge in [-0.1, -0.05) is 30.3 Å². The van der Waals surface area contributed by atoms with E-state index in [4.69, 9.17) is 4.74 Å². The van der Waals surface area contributed by atoms with Crippen molar-refractivity contribution in [3.8, 4) is 0 Å². The molecule has 0 spiro atoms. The Bertz CT molecular complexity index is 740. The fourth-order valence-corrected chi connectivity index (χ4v) is 6.52. The third kappa shape index (κ3) is 2.97. The summed E-state index contributed by atoms with van der Waals surface area (Å²) in [5, 5.41) is 2.95. The Labute approximate surface area is 161 Å². The molecule has 5 aliphatic carbocycles. The van der Waals surface area contributed by atoms with Crippen LogP contribution in [0.15, 0.2) is 30.3 Å². The van der Waals surface area contributed by atoms with E-state index in [1.54, 1.807) is 6.92 Å². The average molecular weight is 367 g/mol. The number of benzene rings is 1. The fraction of sp³-hybridized carbons (Fsp3) is 0.652. The predicted octanol–water partition coefficient (Wildman–Crippen LogP) is 3.73. The summed E-state index contributed by atoms with van der Waals surface area (Å²) in [4.78, 5) is 25.5. The summed E-state index contributed by atoms with van der Waals surface area (Å²) in [6.07, 6.45) is 7.79. The Hall–Kier alpha value is -1.84. The van der Waals surface area contributed by atoms with Gasteiger partial charge in [-0.15, -0.1) is 0 Å². The number of ether oxygens (including phenoxy) is 1. The van der Waals surface area contributed by atoms with Crippen LogP contribution >= 0.6 is 0 Å². The van der Waals surface area contributed by atoms with E-state index in [1.807, 2.05) is 0 Å². The van der Waals surface area contributed by atoms with Crippen molar-refractivity contribution in [1.29, 1.82) is 0 Å². The van der Waals surface area contributed by atoms with E-state index in [-0.39, 0.29) is 17.3 Å². The number of nitrogens with one attached hydrogen (secondary N) is 1. The summed E-state index contributed by atoms with van der Waals surface area (Å²) in [5.41, 5.74) is 1.11. The molecule has 1 aromatic rings. The van der Waals surface area contributed by atoms with Gasteiger partial charge in [0, 0.05) is 6.04 Å². The van der Waals surface area contributed by atoms with Crippen LogP contribution in [0.5, 0.6) is 0 Å². The number of hydrogen-bond acceptors (Lipinski definition) is 3. The van der Waals surface area contributed by atoms with Gasteiger partial charge in [0.1, 0.15) is 0 Å². The van der Waals surface area contributed by atoms with E-state index >= 15 is 0 Å². The first-order valence-corrected chi connectivity index (χ1v) is 10.6. The van der Waals surface area contributed by atoms with E-state index in [1.165, 1.54) is 24.8 Å². The molecule has 2 unspecified atom stereocenters. The van der Waals surface area contributed by atoms with Gasteiger partial charge < -0.3 is 10.1 Å². The van der Waals surface area contributed by atoms with Gasteiger partial charge in [0.2, 0.25) is 0 Å². The first-order chi connectivity index (χ1) is 13.0. The molecule has 5 fully saturated rings. The molecule has 5 aliphatic rings. The summed E-state index contributed by atoms with van der Waals surface area (Å²) < 4.78 is 5.76. The van der Waals surface area contributed by atoms with Crippen LogP contribution in [0.2, 0.25) is 0 Å². The zero-order valence-corrected chi connectivity index (χ0v) is 16.1. The summed E-state index contributed by atoms with van der Waals surface area (Å²) in [6.45, 7) is 1.71. The highest BCUT2D eigenvalue weighted by Gasteiger charge is 2.61. The van der Waals surface area contributed by atoms with Crippen LogP contribution in [0, 0.1) is 17.3 Å². The number of esters is 1. The second-order valence-electron chi connectivity index (χ2n) is 9.72. The Morgan fingerprint density at radius 1 is 1.07 bits per heavy atom. The average Bonchev–Trinajstić information content (AvgIpc) is 3.45. The van der Waals surface area contributed by atoms with Crippen molar-refractivity contribution in [3.63, 3.8) is 0 Å². The maximum absolute atomic E-state index is 13.3. The van der Waals surface area contributed by atoms with Gasteiger partial charge in [0.15, 0.2) is 6.10 Å². The molecule has 4 nitrogen and oxygen atoms in total. The van der Waals surface area contributed by atoms with Crippen LogP contribution in [-0.4, -0.2) is 24.0 Å². The highest BCUT2D eigenvalue weighted by molar-refractivity contribution is 5.85. The van der Waals surface area contributed by atoms with Crippen molar-refractivity contribution in [2.75, 3.05) is 0 Å². The number of hydrogen-bond donors (Lipinski definition) is 1. The molecule has 27 heavy (non-hydrogen) atoms. The van der Waals surface area contributed by atoms with Crippen LogP contribution in [0.25, 0.3) is 0 Å². The lowest BCUT2D eigenvalue weighted by Gasteiger charge is -2.61. The second-order valence-corrected chi connectivity index (χ2v) is 9.72. The molecular weight excluding hydrogens is 338 g/mol. The van der Waals surface area contributed by atoms with Crippen LogP contribution in [-0.2, 0) is 19.7 Å². The largest absolute Gasteiger partial charge is 0.452 e. The van der Waals surface area contributed by atoms with E-state index in [2.05, 4.69) is 35.6 Å². The van der Waals surface area contributed by atoms with Gasteiger partial charge in [-0.25, -0.2) is 0 Å². The number of amides is 1. The van der Waals surface area contributed by atoms with Crippen molar-refractivity contribution >= 4 is 11.9 Å². The molecule has 144 valence electrons. The number of rotatable bonds is 5. The van der Waals surface area contributed by atoms with E-state index < -0.39 is 11.5 Å². The summed E-state index contributed by atoms with van der Waals surface area (Å²) >= 11 is 0. The lowest BCUT2D eigenvalue weighted by atomic mass is 9.43. The summed E-state index contributed by atoms with van der Waals surface area (Å²) in [7, 11) is 0. The van der Waals surface area contributed by atoms with Gasteiger partial charge in [-0.2, -0.15) is 0 Å². The molecule has 4 heteroatoms. The quantitative estimate of drug-likeness (QED) is 0.807. The molecule has 1 N–H and O–H groups in total. The molecule has 1 aromatic carbocycles. The first kappa shape index (κ1) is 17.3. The van der Waals surface area contributed by atoms with Gasteiger partial charge in [-0.05, 0) is 81.1 Å². The maximum atomic E-state index is 13.3. The molecule has 1 amide bonds. The smallest absolute Gasteiger partial charge is 0.312 e. The Kier molecular flexibility index (Phi) is 3.89. The molecule has 0 saturated heterocycles. The van der Waals surface area contributed by atoms with E-state index in [9.17, 15) is 9.59 Å². The number of carbonyl (C=O) groups is 2. The zero-order valence-electron chi connectivity index (χ0n) is 16.1. The van der Waals surface area contributed by atoms with Crippen LogP contribution < -0.4 is 5.32 Å². The lowest BCUT2D eigenvalue weighted by Crippen LogP contribution is -2.57. The Morgan fingerprint density at radius 2 is 1.74 bits per heavy atom. The van der Waals surface area contributed by atoms with Gasteiger partial charge in [0.25, 0.3) is 5.91 Å². The molecular formula is C23H29NO3. The molecule has 0 heterocycles. The van der Waals surface area contributed by atoms with Crippen molar-refractivity contribution in [2.24, 2.45) is 17.3 Å². The molecule has 4 bridgehead atoms. The fourth-order valence-electron chi connectivity index (χ4n) is 6.52. The summed E-state index contributed by atoms with van der Waals surface area (Å²) in [5.74, 6) is 0.938. The molecule has 5 atom stereocenters. The molecule has 0 aromatic heterocycles. The van der Waals surface area contributed by atoms with Gasteiger partial charge >= 0.3 is 5.97 Å². The minimum absolute atomic E-state index is 0.115. The van der Waals surface area contributed by atoms with Crippen LogP contribution in [0.4, 0.5) is 0 Å². The maximum Gasteiger partial charge on any atom is 0.312 e. The SMILES string of the molecule is C[C@H](OC(=O)C12C[C@H]3C[C@@H](C1)CC(c1ccccc1)(C3)C2)C(=O)NC1CC1. The Morgan fingerprint density at radius 3 is 2.37 bits per heavy atom. The molecule has 0 aliphatic heterocycles. The van der Waals surface area contributed by atoms with Gasteiger partial charge in [0.05, 0.1) is 5.41 Å². The van der Waals surface area contributed by atoms with Crippen LogP contribution in [0.1, 0.15) is 63.9 Å². The van der Waals surface area contributed by atoms with Crippen molar-refractivity contribution in [3.05, 3.63) is 35.9 Å².